The van der Waals surface area contributed by atoms with Crippen LogP contribution in [0.25, 0.3) is 0 Å². The number of carbonyl (C=O) groups excluding carboxylic acids is 1. The number of nitrogens with one attached hydrogen (secondary N) is 1. The molecule has 0 spiro atoms. The van der Waals surface area contributed by atoms with E-state index in [-0.39, 0.29) is 13.0 Å². The Bertz CT molecular complexity index is 586. The van der Waals surface area contributed by atoms with Crippen LogP contribution in [0.4, 0.5) is 4.79 Å². The van der Waals surface area contributed by atoms with E-state index in [1.165, 1.54) is 17.7 Å². The fourth-order valence-corrected chi connectivity index (χ4v) is 2.31. The van der Waals surface area contributed by atoms with Crippen molar-refractivity contribution < 1.29 is 19.4 Å². The summed E-state index contributed by atoms with van der Waals surface area (Å²) in [6, 6.07) is 8.59. The number of benzene rings is 1. The van der Waals surface area contributed by atoms with Gasteiger partial charge in [0.1, 0.15) is 6.61 Å². The summed E-state index contributed by atoms with van der Waals surface area (Å²) in [5.41, 5.74) is 1.51. The number of aliphatic carboxylic acids is 1. The maximum absolute atomic E-state index is 11.8. The molecule has 0 fully saturated rings. The standard InChI is InChI=1S/C14H14N2O4S/c17-13(18)6-12(11-7-15-21-9-11)16-14(19)20-8-10-4-2-1-3-5-10/h1-5,7,9,12H,6,8H2,(H,16,19)(H,17,18)/t12-/m0/s1. The number of hydrogen-bond donors (Lipinski definition) is 2. The molecule has 1 heterocycles. The molecule has 21 heavy (non-hydrogen) atoms. The molecule has 0 radical (unpaired) electrons. The van der Waals surface area contributed by atoms with Crippen molar-refractivity contribution in [1.29, 1.82) is 0 Å². The second kappa shape index (κ2) is 7.39. The summed E-state index contributed by atoms with van der Waals surface area (Å²) in [5.74, 6) is -1.01. The van der Waals surface area contributed by atoms with E-state index < -0.39 is 18.1 Å². The van der Waals surface area contributed by atoms with Gasteiger partial charge in [0.15, 0.2) is 0 Å². The van der Waals surface area contributed by atoms with Gasteiger partial charge in [-0.05, 0) is 17.1 Å². The van der Waals surface area contributed by atoms with Crippen LogP contribution >= 0.6 is 11.5 Å². The van der Waals surface area contributed by atoms with Crippen LogP contribution in [0.1, 0.15) is 23.6 Å². The minimum atomic E-state index is -1.01. The van der Waals surface area contributed by atoms with Crippen LogP contribution in [0.5, 0.6) is 0 Å². The number of alkyl carbamates (subject to hydrolysis) is 1. The minimum Gasteiger partial charge on any atom is -0.481 e. The number of amides is 1. The third kappa shape index (κ3) is 4.88. The number of aromatic nitrogens is 1. The Morgan fingerprint density at radius 1 is 1.33 bits per heavy atom. The molecule has 0 saturated carbocycles. The Balaban J connectivity index is 1.90. The number of nitrogens with zero attached hydrogens (tertiary/aromatic N) is 1. The predicted octanol–water partition coefficient (Wildman–Crippen LogP) is 2.59. The maximum atomic E-state index is 11.8. The summed E-state index contributed by atoms with van der Waals surface area (Å²) in [4.78, 5) is 22.6. The average molecular weight is 306 g/mol. The summed E-state index contributed by atoms with van der Waals surface area (Å²) in [6.45, 7) is 0.133. The van der Waals surface area contributed by atoms with E-state index >= 15 is 0 Å². The van der Waals surface area contributed by atoms with E-state index in [0.717, 1.165) is 5.56 Å². The molecule has 0 bridgehead atoms. The number of hydrogen-bond acceptors (Lipinski definition) is 5. The first kappa shape index (κ1) is 15.0. The number of carbonyl (C=O) groups is 2. The van der Waals surface area contributed by atoms with Crippen molar-refractivity contribution in [1.82, 2.24) is 9.69 Å². The second-order valence-electron chi connectivity index (χ2n) is 4.31. The van der Waals surface area contributed by atoms with E-state index in [9.17, 15) is 9.59 Å². The number of rotatable bonds is 6. The molecule has 2 rings (SSSR count). The first-order valence-electron chi connectivity index (χ1n) is 6.23. The van der Waals surface area contributed by atoms with Gasteiger partial charge in [-0.1, -0.05) is 30.3 Å². The largest absolute Gasteiger partial charge is 0.481 e. The molecular formula is C14H14N2O4S. The molecule has 1 amide bonds. The Kier molecular flexibility index (Phi) is 5.28. The topological polar surface area (TPSA) is 88.5 Å². The summed E-state index contributed by atoms with van der Waals surface area (Å²) in [7, 11) is 0. The van der Waals surface area contributed by atoms with E-state index in [1.54, 1.807) is 5.38 Å². The van der Waals surface area contributed by atoms with Crippen molar-refractivity contribution in [3.63, 3.8) is 0 Å². The summed E-state index contributed by atoms with van der Waals surface area (Å²) in [6.07, 6.45) is 0.658. The van der Waals surface area contributed by atoms with Crippen molar-refractivity contribution >= 4 is 23.6 Å². The lowest BCUT2D eigenvalue weighted by Gasteiger charge is -2.15. The van der Waals surface area contributed by atoms with Gasteiger partial charge in [0, 0.05) is 17.1 Å². The third-order valence-electron chi connectivity index (χ3n) is 2.74. The predicted molar refractivity (Wildman–Crippen MR) is 76.9 cm³/mol. The molecule has 0 aliphatic carbocycles. The zero-order valence-corrected chi connectivity index (χ0v) is 11.9. The molecule has 0 saturated heterocycles. The number of carboxylic acid groups (broad SMARTS) is 1. The van der Waals surface area contributed by atoms with Crippen LogP contribution < -0.4 is 5.32 Å². The molecule has 1 aromatic heterocycles. The molecule has 2 N–H and O–H groups in total. The molecule has 0 aliphatic rings. The van der Waals surface area contributed by atoms with E-state index in [4.69, 9.17) is 9.84 Å². The lowest BCUT2D eigenvalue weighted by Crippen LogP contribution is -2.30. The fraction of sp³-hybridized carbons (Fsp3) is 0.214. The van der Waals surface area contributed by atoms with Gasteiger partial charge in [-0.25, -0.2) is 9.17 Å². The number of ether oxygens (including phenoxy) is 1. The zero-order valence-electron chi connectivity index (χ0n) is 11.1. The highest BCUT2D eigenvalue weighted by molar-refractivity contribution is 7.03. The Morgan fingerprint density at radius 2 is 2.10 bits per heavy atom. The van der Waals surface area contributed by atoms with Gasteiger partial charge in [-0.2, -0.15) is 0 Å². The maximum Gasteiger partial charge on any atom is 0.407 e. The van der Waals surface area contributed by atoms with Crippen molar-refractivity contribution in [3.05, 3.63) is 53.0 Å². The van der Waals surface area contributed by atoms with E-state index in [0.29, 0.717) is 5.56 Å². The molecule has 0 unspecified atom stereocenters. The third-order valence-corrected chi connectivity index (χ3v) is 3.34. The normalized spacial score (nSPS) is 11.6. The highest BCUT2D eigenvalue weighted by Gasteiger charge is 2.19. The fourth-order valence-electron chi connectivity index (χ4n) is 1.72. The smallest absolute Gasteiger partial charge is 0.407 e. The molecular weight excluding hydrogens is 292 g/mol. The Hall–Kier alpha value is -2.41. The van der Waals surface area contributed by atoms with Gasteiger partial charge in [0.05, 0.1) is 12.5 Å². The summed E-state index contributed by atoms with van der Waals surface area (Å²) < 4.78 is 8.99. The average Bonchev–Trinajstić information content (AvgIpc) is 2.99. The highest BCUT2D eigenvalue weighted by atomic mass is 32.1. The zero-order chi connectivity index (χ0) is 15.1. The molecule has 0 aliphatic heterocycles. The SMILES string of the molecule is O=C(O)C[C@H](NC(=O)OCc1ccccc1)c1cnsc1. The van der Waals surface area contributed by atoms with Crippen LogP contribution in [0.3, 0.4) is 0 Å². The van der Waals surface area contributed by atoms with Crippen LogP contribution in [0.15, 0.2) is 41.9 Å². The van der Waals surface area contributed by atoms with Crippen molar-refractivity contribution in [3.8, 4) is 0 Å². The monoisotopic (exact) mass is 306 g/mol. The van der Waals surface area contributed by atoms with Gasteiger partial charge >= 0.3 is 12.1 Å². The van der Waals surface area contributed by atoms with Crippen LogP contribution in [-0.2, 0) is 16.1 Å². The van der Waals surface area contributed by atoms with Crippen LogP contribution in [0, 0.1) is 0 Å². The lowest BCUT2D eigenvalue weighted by atomic mass is 10.1. The Labute approximate surface area is 125 Å². The Morgan fingerprint density at radius 3 is 2.71 bits per heavy atom. The van der Waals surface area contributed by atoms with Gasteiger partial charge in [-0.3, -0.25) is 4.79 Å². The van der Waals surface area contributed by atoms with E-state index in [2.05, 4.69) is 9.69 Å². The minimum absolute atomic E-state index is 0.133. The van der Waals surface area contributed by atoms with Gasteiger partial charge in [-0.15, -0.1) is 0 Å². The quantitative estimate of drug-likeness (QED) is 0.856. The number of carboxylic acids is 1. The summed E-state index contributed by atoms with van der Waals surface area (Å²) >= 11 is 1.20. The lowest BCUT2D eigenvalue weighted by molar-refractivity contribution is -0.137. The van der Waals surface area contributed by atoms with Gasteiger partial charge in [0.25, 0.3) is 0 Å². The summed E-state index contributed by atoms with van der Waals surface area (Å²) in [5, 5.41) is 13.1. The molecule has 110 valence electrons. The first-order valence-corrected chi connectivity index (χ1v) is 7.07. The van der Waals surface area contributed by atoms with Crippen molar-refractivity contribution in [2.24, 2.45) is 0 Å². The van der Waals surface area contributed by atoms with Crippen molar-refractivity contribution in [2.75, 3.05) is 0 Å². The second-order valence-corrected chi connectivity index (χ2v) is 4.97. The molecule has 7 heteroatoms. The van der Waals surface area contributed by atoms with Gasteiger partial charge < -0.3 is 15.2 Å². The first-order chi connectivity index (χ1) is 10.1. The highest BCUT2D eigenvalue weighted by Crippen LogP contribution is 2.18. The van der Waals surface area contributed by atoms with Gasteiger partial charge in [0.2, 0.25) is 0 Å². The molecule has 2 aromatic rings. The molecule has 1 atom stereocenters. The van der Waals surface area contributed by atoms with Crippen LogP contribution in [-0.4, -0.2) is 21.5 Å². The van der Waals surface area contributed by atoms with E-state index in [1.807, 2.05) is 30.3 Å². The van der Waals surface area contributed by atoms with Crippen molar-refractivity contribution in [2.45, 2.75) is 19.1 Å². The molecule has 6 nitrogen and oxygen atoms in total. The molecule has 1 aromatic carbocycles. The van der Waals surface area contributed by atoms with Crippen LogP contribution in [0.2, 0.25) is 0 Å².